The zero-order valence-corrected chi connectivity index (χ0v) is 18.9. The fourth-order valence-electron chi connectivity index (χ4n) is 3.60. The highest BCUT2D eigenvalue weighted by Crippen LogP contribution is 2.35. The summed E-state index contributed by atoms with van der Waals surface area (Å²) >= 11 is 6.16. The Morgan fingerprint density at radius 2 is 2.00 bits per heavy atom. The maximum absolute atomic E-state index is 12.0. The second-order valence-corrected chi connectivity index (χ2v) is 8.45. The molecule has 3 aromatic rings. The van der Waals surface area contributed by atoms with E-state index in [9.17, 15) is 9.36 Å². The molecule has 0 aliphatic carbocycles. The van der Waals surface area contributed by atoms with Crippen molar-refractivity contribution in [3.63, 3.8) is 0 Å². The number of carbonyl (C=O) groups is 1. The Morgan fingerprint density at radius 1 is 1.20 bits per heavy atom. The number of primary amides is 1. The van der Waals surface area contributed by atoms with Gasteiger partial charge in [-0.15, -0.1) is 0 Å². The first-order valence-electron chi connectivity index (χ1n) is 9.94. The van der Waals surface area contributed by atoms with Crippen LogP contribution in [0.3, 0.4) is 0 Å². The van der Waals surface area contributed by atoms with E-state index < -0.39 is 14.2 Å². The summed E-state index contributed by atoms with van der Waals surface area (Å²) in [5.74, 6) is 0.0356. The first kappa shape index (κ1) is 22.4. The van der Waals surface area contributed by atoms with E-state index in [-0.39, 0.29) is 6.42 Å². The van der Waals surface area contributed by atoms with Crippen LogP contribution in [0.4, 0.5) is 0 Å². The van der Waals surface area contributed by atoms with E-state index in [1.54, 1.807) is 12.1 Å². The van der Waals surface area contributed by atoms with Gasteiger partial charge in [-0.3, -0.25) is 4.79 Å². The molecule has 0 radical (unpaired) electrons. The summed E-state index contributed by atoms with van der Waals surface area (Å²) in [7, 11) is -2.63. The molecule has 6 nitrogen and oxygen atoms in total. The zero-order chi connectivity index (χ0) is 21.7. The molecule has 30 heavy (non-hydrogen) atoms. The summed E-state index contributed by atoms with van der Waals surface area (Å²) < 4.78 is 24.8. The summed E-state index contributed by atoms with van der Waals surface area (Å²) in [5, 5.41) is 1.53. The van der Waals surface area contributed by atoms with Crippen LogP contribution in [-0.4, -0.2) is 17.1 Å². The summed E-state index contributed by atoms with van der Waals surface area (Å²) in [4.78, 5) is 11.8. The van der Waals surface area contributed by atoms with Crippen molar-refractivity contribution < 1.29 is 18.4 Å². The predicted molar refractivity (Wildman–Crippen MR) is 121 cm³/mol. The zero-order valence-electron chi connectivity index (χ0n) is 17.1. The average molecular weight is 449 g/mol. The van der Waals surface area contributed by atoms with Gasteiger partial charge in [-0.25, -0.2) is 4.57 Å². The Bertz CT molecular complexity index is 1080. The Balaban J connectivity index is 2.06. The maximum Gasteiger partial charge on any atom is 0.367 e. The molecule has 1 unspecified atom stereocenters. The van der Waals surface area contributed by atoms with Crippen molar-refractivity contribution in [2.24, 2.45) is 5.73 Å². The number of halogens is 1. The van der Waals surface area contributed by atoms with Crippen molar-refractivity contribution in [2.75, 3.05) is 6.61 Å². The van der Waals surface area contributed by atoms with Gasteiger partial charge < -0.3 is 19.3 Å². The molecular weight excluding hydrogens is 423 g/mol. The molecule has 0 saturated carbocycles. The molecular formula is C22H26ClN2O4P. The van der Waals surface area contributed by atoms with E-state index >= 15 is 0 Å². The van der Waals surface area contributed by atoms with Gasteiger partial charge in [0, 0.05) is 28.2 Å². The van der Waals surface area contributed by atoms with E-state index in [1.807, 2.05) is 44.2 Å². The lowest BCUT2D eigenvalue weighted by Gasteiger charge is -2.11. The first-order valence-corrected chi connectivity index (χ1v) is 11.5. The summed E-state index contributed by atoms with van der Waals surface area (Å²) in [6.45, 7) is 4.96. The standard InChI is InChI=1S/C22H26ClN2O4P/c1-3-10-28-30(27)29-17-8-9-21-18(12-17)19(13-22(24)26)20(4-2)25(21)14-15-6-5-7-16(23)11-15/h5-9,11-12,30H,3-4,10,13-14H2,1-2H3,(H2,24,26). The number of fused-ring (bicyclic) bond motifs is 1. The van der Waals surface area contributed by atoms with Gasteiger partial charge in [0.1, 0.15) is 5.75 Å². The Hall–Kier alpha value is -2.27. The smallest absolute Gasteiger partial charge is 0.367 e. The molecule has 0 saturated heterocycles. The fraction of sp³-hybridized carbons (Fsp3) is 0.318. The molecule has 8 heteroatoms. The molecule has 0 aliphatic rings. The van der Waals surface area contributed by atoms with Crippen molar-refractivity contribution >= 4 is 36.7 Å². The third kappa shape index (κ3) is 5.25. The van der Waals surface area contributed by atoms with Gasteiger partial charge in [0.2, 0.25) is 5.91 Å². The molecule has 0 bridgehead atoms. The van der Waals surface area contributed by atoms with Crippen molar-refractivity contribution in [1.82, 2.24) is 4.57 Å². The van der Waals surface area contributed by atoms with Gasteiger partial charge in [0.25, 0.3) is 0 Å². The molecule has 160 valence electrons. The van der Waals surface area contributed by atoms with E-state index in [1.165, 1.54) is 0 Å². The van der Waals surface area contributed by atoms with Crippen molar-refractivity contribution in [2.45, 2.75) is 39.7 Å². The first-order chi connectivity index (χ1) is 14.4. The minimum absolute atomic E-state index is 0.118. The van der Waals surface area contributed by atoms with Crippen LogP contribution in [0, 0.1) is 0 Å². The maximum atomic E-state index is 12.0. The van der Waals surface area contributed by atoms with Crippen molar-refractivity contribution in [3.05, 3.63) is 64.3 Å². The molecule has 2 aromatic carbocycles. The highest BCUT2D eigenvalue weighted by Gasteiger charge is 2.19. The molecule has 0 aliphatic heterocycles. The van der Waals surface area contributed by atoms with Gasteiger partial charge in [-0.05, 0) is 54.3 Å². The third-order valence-corrected chi connectivity index (χ3v) is 5.88. The SMILES string of the molecule is CCCO[PH](=O)Oc1ccc2c(c1)c(CC(N)=O)c(CC)n2Cc1cccc(Cl)c1. The van der Waals surface area contributed by atoms with E-state index in [4.69, 9.17) is 26.4 Å². The quantitative estimate of drug-likeness (QED) is 0.436. The van der Waals surface area contributed by atoms with Crippen LogP contribution in [0.2, 0.25) is 5.02 Å². The molecule has 2 N–H and O–H groups in total. The van der Waals surface area contributed by atoms with Crippen LogP contribution in [0.5, 0.6) is 5.75 Å². The van der Waals surface area contributed by atoms with Crippen LogP contribution in [-0.2, 0) is 33.3 Å². The van der Waals surface area contributed by atoms with Gasteiger partial charge in [0.05, 0.1) is 13.0 Å². The molecule has 1 heterocycles. The molecule has 1 amide bonds. The van der Waals surface area contributed by atoms with Gasteiger partial charge in [0.15, 0.2) is 0 Å². The number of benzene rings is 2. The minimum atomic E-state index is -2.63. The number of carbonyl (C=O) groups excluding carboxylic acids is 1. The lowest BCUT2D eigenvalue weighted by atomic mass is 10.1. The van der Waals surface area contributed by atoms with E-state index in [0.29, 0.717) is 23.9 Å². The number of aromatic nitrogens is 1. The number of nitrogens with zero attached hydrogens (tertiary/aromatic N) is 1. The molecule has 1 aromatic heterocycles. The van der Waals surface area contributed by atoms with Crippen LogP contribution in [0.15, 0.2) is 42.5 Å². The van der Waals surface area contributed by atoms with Gasteiger partial charge in [-0.2, -0.15) is 0 Å². The largest absolute Gasteiger partial charge is 0.426 e. The van der Waals surface area contributed by atoms with Crippen LogP contribution in [0.1, 0.15) is 37.1 Å². The van der Waals surface area contributed by atoms with E-state index in [2.05, 4.69) is 4.57 Å². The highest BCUT2D eigenvalue weighted by atomic mass is 35.5. The van der Waals surface area contributed by atoms with Gasteiger partial charge >= 0.3 is 8.25 Å². The predicted octanol–water partition coefficient (Wildman–Crippen LogP) is 5.13. The highest BCUT2D eigenvalue weighted by molar-refractivity contribution is 7.33. The summed E-state index contributed by atoms with van der Waals surface area (Å²) in [6, 6.07) is 13.2. The Kier molecular flexibility index (Phi) is 7.59. The number of hydrogen-bond acceptors (Lipinski definition) is 4. The third-order valence-electron chi connectivity index (χ3n) is 4.80. The lowest BCUT2D eigenvalue weighted by Crippen LogP contribution is -2.15. The number of amides is 1. The van der Waals surface area contributed by atoms with Gasteiger partial charge in [-0.1, -0.05) is 37.6 Å². The second kappa shape index (κ2) is 10.2. The summed E-state index contributed by atoms with van der Waals surface area (Å²) in [6.07, 6.45) is 1.60. The monoisotopic (exact) mass is 448 g/mol. The van der Waals surface area contributed by atoms with Crippen LogP contribution >= 0.6 is 19.9 Å². The number of hydrogen-bond donors (Lipinski definition) is 1. The minimum Gasteiger partial charge on any atom is -0.426 e. The molecule has 3 rings (SSSR count). The van der Waals surface area contributed by atoms with Crippen LogP contribution < -0.4 is 10.3 Å². The van der Waals surface area contributed by atoms with Crippen molar-refractivity contribution in [1.29, 1.82) is 0 Å². The fourth-order valence-corrected chi connectivity index (χ4v) is 4.57. The normalized spacial score (nSPS) is 12.2. The topological polar surface area (TPSA) is 83.6 Å². The number of nitrogens with two attached hydrogens (primary N) is 1. The molecule has 0 spiro atoms. The number of rotatable bonds is 10. The molecule has 0 fully saturated rings. The van der Waals surface area contributed by atoms with Crippen LogP contribution in [0.25, 0.3) is 10.9 Å². The van der Waals surface area contributed by atoms with E-state index in [0.717, 1.165) is 40.6 Å². The Labute approximate surface area is 181 Å². The molecule has 1 atom stereocenters. The second-order valence-electron chi connectivity index (χ2n) is 7.02. The summed E-state index contributed by atoms with van der Waals surface area (Å²) in [5.41, 5.74) is 9.42. The Morgan fingerprint density at radius 3 is 2.67 bits per heavy atom. The van der Waals surface area contributed by atoms with Crippen molar-refractivity contribution in [3.8, 4) is 5.75 Å². The average Bonchev–Trinajstić information content (AvgIpc) is 2.98. The lowest BCUT2D eigenvalue weighted by molar-refractivity contribution is -0.117.